The van der Waals surface area contributed by atoms with Gasteiger partial charge in [0.05, 0.1) is 11.9 Å². The highest BCUT2D eigenvalue weighted by Gasteiger charge is 2.20. The highest BCUT2D eigenvalue weighted by atomic mass is 15.3. The number of fused-ring (bicyclic) bond motifs is 1. The minimum atomic E-state index is 0.285. The number of allylic oxidation sites excluding steroid dienone is 2. The maximum absolute atomic E-state index is 7.78. The van der Waals surface area contributed by atoms with Crippen LogP contribution in [0.3, 0.4) is 0 Å². The third kappa shape index (κ3) is 4.48. The number of para-hydroxylation sites is 1. The first-order chi connectivity index (χ1) is 17.4. The van der Waals surface area contributed by atoms with Crippen molar-refractivity contribution < 1.29 is 0 Å². The van der Waals surface area contributed by atoms with E-state index in [4.69, 9.17) is 22.0 Å². The van der Waals surface area contributed by atoms with Gasteiger partial charge < -0.3 is 21.8 Å². The van der Waals surface area contributed by atoms with Crippen molar-refractivity contribution in [2.24, 2.45) is 5.73 Å². The molecule has 2 heterocycles. The van der Waals surface area contributed by atoms with E-state index in [1.807, 2.05) is 31.3 Å². The van der Waals surface area contributed by atoms with Crippen LogP contribution in [0, 0.1) is 19.3 Å². The van der Waals surface area contributed by atoms with Crippen LogP contribution in [0.15, 0.2) is 67.3 Å². The van der Waals surface area contributed by atoms with Gasteiger partial charge in [0.2, 0.25) is 0 Å². The van der Waals surface area contributed by atoms with Crippen LogP contribution in [0.25, 0.3) is 28.8 Å². The van der Waals surface area contributed by atoms with E-state index < -0.39 is 0 Å². The number of hydrogen-bond acceptors (Lipinski definition) is 7. The second kappa shape index (κ2) is 10.3. The minimum Gasteiger partial charge on any atom is -0.404 e. The average molecular weight is 479 g/mol. The number of anilines is 2. The number of aromatic nitrogens is 4. The fourth-order valence-corrected chi connectivity index (χ4v) is 4.32. The number of likely N-dealkylation sites (N-methyl/N-ethyl adjacent to an activating group) is 1. The molecule has 5 N–H and O–H groups in total. The molecule has 8 heteroatoms. The van der Waals surface area contributed by atoms with Gasteiger partial charge in [0.1, 0.15) is 17.8 Å². The highest BCUT2D eigenvalue weighted by molar-refractivity contribution is 6.13. The Balaban J connectivity index is 1.93. The van der Waals surface area contributed by atoms with Crippen molar-refractivity contribution in [3.63, 3.8) is 0 Å². The Kier molecular flexibility index (Phi) is 6.96. The Morgan fingerprint density at radius 1 is 1.11 bits per heavy atom. The number of rotatable bonds is 8. The molecule has 0 fully saturated rings. The zero-order valence-corrected chi connectivity index (χ0v) is 20.7. The molecule has 0 aliphatic carbocycles. The van der Waals surface area contributed by atoms with Gasteiger partial charge >= 0.3 is 0 Å². The van der Waals surface area contributed by atoms with E-state index in [1.165, 1.54) is 12.5 Å². The van der Waals surface area contributed by atoms with Gasteiger partial charge in [-0.3, -0.25) is 0 Å². The second-order valence-corrected chi connectivity index (χ2v) is 8.49. The number of benzene rings is 2. The standard InChI is InChI=1S/C28H30N8/c1-5-23-18(2)10-8-11-20(23)13-22(35(4)24-12-7-6-9-19(24)3)16-36-28-25(27(31)32-17-33-28)26(34-36)21(14-29)15-30/h5-15,17,29H,1,16,30H2,2-4H3,(H2,31,32,33)/b21-15+,22-13-,29-14?. The number of nitrogen functional groups attached to an aromatic ring is 1. The maximum Gasteiger partial charge on any atom is 0.164 e. The highest BCUT2D eigenvalue weighted by Crippen LogP contribution is 2.29. The summed E-state index contributed by atoms with van der Waals surface area (Å²) in [6.07, 6.45) is 7.93. The quantitative estimate of drug-likeness (QED) is 0.313. The molecule has 0 aliphatic rings. The first kappa shape index (κ1) is 24.4. The van der Waals surface area contributed by atoms with Gasteiger partial charge in [-0.15, -0.1) is 0 Å². The number of aryl methyl sites for hydroxylation is 2. The van der Waals surface area contributed by atoms with Crippen LogP contribution < -0.4 is 16.4 Å². The summed E-state index contributed by atoms with van der Waals surface area (Å²) in [7, 11) is 2.04. The number of nitrogens with zero attached hydrogens (tertiary/aromatic N) is 5. The van der Waals surface area contributed by atoms with E-state index in [2.05, 4.69) is 65.6 Å². The summed E-state index contributed by atoms with van der Waals surface area (Å²) in [5.41, 5.74) is 19.9. The Morgan fingerprint density at radius 3 is 2.56 bits per heavy atom. The van der Waals surface area contributed by atoms with E-state index in [0.29, 0.717) is 28.8 Å². The maximum atomic E-state index is 7.78. The van der Waals surface area contributed by atoms with Gasteiger partial charge in [0.25, 0.3) is 0 Å². The normalized spacial score (nSPS) is 12.1. The molecule has 2 aromatic heterocycles. The van der Waals surface area contributed by atoms with Gasteiger partial charge in [-0.25, -0.2) is 14.6 Å². The summed E-state index contributed by atoms with van der Waals surface area (Å²) in [6, 6.07) is 14.4. The van der Waals surface area contributed by atoms with E-state index in [-0.39, 0.29) is 5.82 Å². The van der Waals surface area contributed by atoms with Crippen molar-refractivity contribution >= 4 is 46.5 Å². The van der Waals surface area contributed by atoms with Gasteiger partial charge in [0, 0.05) is 36.4 Å². The van der Waals surface area contributed by atoms with E-state index in [9.17, 15) is 0 Å². The SMILES string of the molecule is C=Cc1c(C)cccc1/C=C(/Cn1nc(/C(C=N)=C/N)c2c(N)ncnc21)N(C)c1ccccc1C. The lowest BCUT2D eigenvalue weighted by atomic mass is 10.0. The van der Waals surface area contributed by atoms with Crippen LogP contribution >= 0.6 is 0 Å². The monoisotopic (exact) mass is 478 g/mol. The molecule has 0 bridgehead atoms. The first-order valence-corrected chi connectivity index (χ1v) is 11.5. The number of hydrogen-bond donors (Lipinski definition) is 3. The van der Waals surface area contributed by atoms with E-state index in [0.717, 1.165) is 39.9 Å². The predicted molar refractivity (Wildman–Crippen MR) is 150 cm³/mol. The first-order valence-electron chi connectivity index (χ1n) is 11.5. The Labute approximate surface area is 210 Å². The van der Waals surface area contributed by atoms with E-state index >= 15 is 0 Å². The van der Waals surface area contributed by atoms with Crippen molar-refractivity contribution in [1.82, 2.24) is 19.7 Å². The van der Waals surface area contributed by atoms with Gasteiger partial charge in [-0.2, -0.15) is 5.10 Å². The minimum absolute atomic E-state index is 0.285. The lowest BCUT2D eigenvalue weighted by Gasteiger charge is -2.25. The number of nitrogens with one attached hydrogen (secondary N) is 1. The zero-order chi connectivity index (χ0) is 25.8. The van der Waals surface area contributed by atoms with E-state index in [1.54, 1.807) is 4.68 Å². The van der Waals surface area contributed by atoms with Crippen LogP contribution in [0.2, 0.25) is 0 Å². The Bertz CT molecular complexity index is 1510. The van der Waals surface area contributed by atoms with Crippen molar-refractivity contribution in [2.45, 2.75) is 20.4 Å². The lowest BCUT2D eigenvalue weighted by Crippen LogP contribution is -2.22. The van der Waals surface area contributed by atoms with Crippen molar-refractivity contribution in [3.8, 4) is 0 Å². The largest absolute Gasteiger partial charge is 0.404 e. The van der Waals surface area contributed by atoms with Crippen molar-refractivity contribution in [1.29, 1.82) is 5.41 Å². The Hall–Kier alpha value is -4.72. The zero-order valence-electron chi connectivity index (χ0n) is 20.7. The average Bonchev–Trinajstić information content (AvgIpc) is 3.24. The molecule has 0 saturated carbocycles. The molecule has 2 aromatic carbocycles. The van der Waals surface area contributed by atoms with Crippen LogP contribution in [-0.2, 0) is 6.54 Å². The van der Waals surface area contributed by atoms with Crippen LogP contribution in [0.5, 0.6) is 0 Å². The molecule has 0 amide bonds. The predicted octanol–water partition coefficient (Wildman–Crippen LogP) is 4.80. The van der Waals surface area contributed by atoms with Gasteiger partial charge in [-0.1, -0.05) is 49.1 Å². The van der Waals surface area contributed by atoms with Crippen LogP contribution in [0.4, 0.5) is 11.5 Å². The fourth-order valence-electron chi connectivity index (χ4n) is 4.32. The molecule has 0 atom stereocenters. The molecule has 8 nitrogen and oxygen atoms in total. The molecule has 0 unspecified atom stereocenters. The molecule has 182 valence electrons. The van der Waals surface area contributed by atoms with Gasteiger partial charge in [-0.05, 0) is 48.2 Å². The topological polar surface area (TPSA) is 123 Å². The third-order valence-electron chi connectivity index (χ3n) is 6.27. The van der Waals surface area contributed by atoms with Crippen LogP contribution in [0.1, 0.15) is 27.9 Å². The Morgan fingerprint density at radius 2 is 1.86 bits per heavy atom. The molecule has 36 heavy (non-hydrogen) atoms. The van der Waals surface area contributed by atoms with Gasteiger partial charge in [0.15, 0.2) is 5.65 Å². The lowest BCUT2D eigenvalue weighted by molar-refractivity contribution is 0.680. The molecule has 4 rings (SSSR count). The molecular weight excluding hydrogens is 448 g/mol. The second-order valence-electron chi connectivity index (χ2n) is 8.49. The summed E-state index contributed by atoms with van der Waals surface area (Å²) < 4.78 is 1.78. The summed E-state index contributed by atoms with van der Waals surface area (Å²) in [4.78, 5) is 10.8. The summed E-state index contributed by atoms with van der Waals surface area (Å²) in [6.45, 7) is 8.57. The fraction of sp³-hybridized carbons (Fsp3) is 0.143. The van der Waals surface area contributed by atoms with Crippen molar-refractivity contribution in [3.05, 3.63) is 95.2 Å². The summed E-state index contributed by atoms with van der Waals surface area (Å²) >= 11 is 0. The molecule has 4 aromatic rings. The summed E-state index contributed by atoms with van der Waals surface area (Å²) in [5, 5.41) is 13.1. The molecule has 0 spiro atoms. The molecule has 0 aliphatic heterocycles. The smallest absolute Gasteiger partial charge is 0.164 e. The molecule has 0 radical (unpaired) electrons. The number of nitrogens with two attached hydrogens (primary N) is 2. The molecular formula is C28H30N8. The summed E-state index contributed by atoms with van der Waals surface area (Å²) in [5.74, 6) is 0.285. The molecule has 0 saturated heterocycles. The van der Waals surface area contributed by atoms with Crippen molar-refractivity contribution in [2.75, 3.05) is 17.7 Å². The van der Waals surface area contributed by atoms with Crippen LogP contribution in [-0.4, -0.2) is 33.0 Å². The third-order valence-corrected chi connectivity index (χ3v) is 6.27.